The SMILES string of the molecule is NC(=O)c1ccccc1.O=C(O)c1ccc(CNC(=O)c2ccccc2)cc1. The van der Waals surface area contributed by atoms with Crippen LogP contribution in [0.15, 0.2) is 84.9 Å². The highest BCUT2D eigenvalue weighted by Crippen LogP contribution is 2.05. The van der Waals surface area contributed by atoms with Crippen LogP contribution in [0.1, 0.15) is 36.6 Å². The monoisotopic (exact) mass is 376 g/mol. The third-order valence-electron chi connectivity index (χ3n) is 3.75. The normalized spacial score (nSPS) is 9.57. The van der Waals surface area contributed by atoms with Gasteiger partial charge in [-0.3, -0.25) is 9.59 Å². The largest absolute Gasteiger partial charge is 0.478 e. The molecular formula is C22H20N2O4. The number of primary amides is 1. The van der Waals surface area contributed by atoms with Gasteiger partial charge >= 0.3 is 5.97 Å². The second-order valence-corrected chi connectivity index (χ2v) is 5.78. The van der Waals surface area contributed by atoms with Crippen LogP contribution in [0.25, 0.3) is 0 Å². The molecule has 0 fully saturated rings. The molecule has 28 heavy (non-hydrogen) atoms. The van der Waals surface area contributed by atoms with Crippen molar-refractivity contribution in [3.63, 3.8) is 0 Å². The molecule has 2 amide bonds. The van der Waals surface area contributed by atoms with E-state index in [2.05, 4.69) is 5.32 Å². The first-order valence-corrected chi connectivity index (χ1v) is 8.47. The molecular weight excluding hydrogens is 356 g/mol. The van der Waals surface area contributed by atoms with Crippen molar-refractivity contribution in [2.24, 2.45) is 5.73 Å². The predicted octanol–water partition coefficient (Wildman–Crippen LogP) is 3.10. The average molecular weight is 376 g/mol. The minimum atomic E-state index is -0.958. The third-order valence-corrected chi connectivity index (χ3v) is 3.75. The topological polar surface area (TPSA) is 109 Å². The van der Waals surface area contributed by atoms with Gasteiger partial charge in [0.15, 0.2) is 0 Å². The molecule has 0 radical (unpaired) electrons. The van der Waals surface area contributed by atoms with Gasteiger partial charge in [0.1, 0.15) is 0 Å². The van der Waals surface area contributed by atoms with E-state index in [1.807, 2.05) is 12.1 Å². The van der Waals surface area contributed by atoms with Crippen LogP contribution >= 0.6 is 0 Å². The van der Waals surface area contributed by atoms with Crippen molar-refractivity contribution in [3.05, 3.63) is 107 Å². The number of rotatable bonds is 5. The fourth-order valence-electron chi connectivity index (χ4n) is 2.24. The molecule has 0 unspecified atom stereocenters. The maximum Gasteiger partial charge on any atom is 0.335 e. The van der Waals surface area contributed by atoms with E-state index in [0.29, 0.717) is 17.7 Å². The number of benzene rings is 3. The Hall–Kier alpha value is -3.93. The highest BCUT2D eigenvalue weighted by molar-refractivity contribution is 5.94. The number of carboxylic acid groups (broad SMARTS) is 1. The highest BCUT2D eigenvalue weighted by atomic mass is 16.4. The first kappa shape index (κ1) is 20.4. The molecule has 0 saturated carbocycles. The smallest absolute Gasteiger partial charge is 0.335 e. The van der Waals surface area contributed by atoms with Gasteiger partial charge in [-0.2, -0.15) is 0 Å². The number of nitrogens with two attached hydrogens (primary N) is 1. The molecule has 0 atom stereocenters. The van der Waals surface area contributed by atoms with Crippen molar-refractivity contribution in [3.8, 4) is 0 Å². The molecule has 0 spiro atoms. The van der Waals surface area contributed by atoms with Crippen LogP contribution in [0.2, 0.25) is 0 Å². The number of hydrogen-bond donors (Lipinski definition) is 3. The molecule has 4 N–H and O–H groups in total. The Bertz CT molecular complexity index is 924. The number of aromatic carboxylic acids is 1. The second-order valence-electron chi connectivity index (χ2n) is 5.78. The van der Waals surface area contributed by atoms with E-state index in [-0.39, 0.29) is 17.4 Å². The lowest BCUT2D eigenvalue weighted by molar-refractivity contribution is 0.0696. The fourth-order valence-corrected chi connectivity index (χ4v) is 2.24. The molecule has 0 aromatic heterocycles. The van der Waals surface area contributed by atoms with Crippen molar-refractivity contribution < 1.29 is 19.5 Å². The molecule has 0 saturated heterocycles. The number of carboxylic acids is 1. The standard InChI is InChI=1S/C15H13NO3.C7H7NO/c17-14(12-4-2-1-3-5-12)16-10-11-6-8-13(9-7-11)15(18)19;8-7(9)6-4-2-1-3-5-6/h1-9H,10H2,(H,16,17)(H,18,19);1-5H,(H2,8,9). The van der Waals surface area contributed by atoms with Gasteiger partial charge in [0.2, 0.25) is 5.91 Å². The highest BCUT2D eigenvalue weighted by Gasteiger charge is 2.05. The molecule has 0 heterocycles. The Morgan fingerprint density at radius 1 is 0.714 bits per heavy atom. The van der Waals surface area contributed by atoms with Gasteiger partial charge in [-0.05, 0) is 42.0 Å². The van der Waals surface area contributed by atoms with Crippen molar-refractivity contribution in [2.75, 3.05) is 0 Å². The van der Waals surface area contributed by atoms with Gasteiger partial charge in [0.05, 0.1) is 5.56 Å². The fraction of sp³-hybridized carbons (Fsp3) is 0.0455. The predicted molar refractivity (Wildman–Crippen MR) is 106 cm³/mol. The van der Waals surface area contributed by atoms with E-state index in [1.54, 1.807) is 60.7 Å². The summed E-state index contributed by atoms with van der Waals surface area (Å²) in [5.74, 6) is -1.49. The Labute approximate surface area is 162 Å². The van der Waals surface area contributed by atoms with Crippen LogP contribution in [-0.2, 0) is 6.54 Å². The lowest BCUT2D eigenvalue weighted by Gasteiger charge is -2.05. The van der Waals surface area contributed by atoms with Gasteiger partial charge in [0.25, 0.3) is 5.91 Å². The summed E-state index contributed by atoms with van der Waals surface area (Å²) in [7, 11) is 0. The van der Waals surface area contributed by atoms with E-state index in [4.69, 9.17) is 10.8 Å². The molecule has 3 rings (SSSR count). The van der Waals surface area contributed by atoms with Crippen LogP contribution in [0.5, 0.6) is 0 Å². The van der Waals surface area contributed by atoms with Crippen molar-refractivity contribution in [1.82, 2.24) is 5.32 Å². The molecule has 0 bridgehead atoms. The molecule has 0 aliphatic heterocycles. The minimum Gasteiger partial charge on any atom is -0.478 e. The Morgan fingerprint density at radius 2 is 1.21 bits per heavy atom. The molecule has 6 heteroatoms. The van der Waals surface area contributed by atoms with Crippen LogP contribution in [0.4, 0.5) is 0 Å². The molecule has 3 aromatic carbocycles. The summed E-state index contributed by atoms with van der Waals surface area (Å²) in [5, 5.41) is 11.6. The summed E-state index contributed by atoms with van der Waals surface area (Å²) < 4.78 is 0. The van der Waals surface area contributed by atoms with E-state index < -0.39 is 5.97 Å². The zero-order valence-corrected chi connectivity index (χ0v) is 15.0. The Kier molecular flexibility index (Phi) is 7.48. The first-order valence-electron chi connectivity index (χ1n) is 8.47. The van der Waals surface area contributed by atoms with Crippen LogP contribution in [-0.4, -0.2) is 22.9 Å². The van der Waals surface area contributed by atoms with E-state index in [1.165, 1.54) is 12.1 Å². The number of carbonyl (C=O) groups is 3. The average Bonchev–Trinajstić information content (AvgIpc) is 2.74. The zero-order chi connectivity index (χ0) is 20.4. The van der Waals surface area contributed by atoms with Crippen molar-refractivity contribution in [1.29, 1.82) is 0 Å². The third kappa shape index (κ3) is 6.42. The van der Waals surface area contributed by atoms with Gasteiger partial charge in [-0.25, -0.2) is 4.79 Å². The molecule has 0 aliphatic rings. The van der Waals surface area contributed by atoms with Crippen molar-refractivity contribution in [2.45, 2.75) is 6.54 Å². The Morgan fingerprint density at radius 3 is 1.64 bits per heavy atom. The summed E-state index contributed by atoms with van der Waals surface area (Å²) in [4.78, 5) is 32.9. The van der Waals surface area contributed by atoms with Gasteiger partial charge in [-0.1, -0.05) is 48.5 Å². The second kappa shape index (κ2) is 10.3. The van der Waals surface area contributed by atoms with E-state index in [0.717, 1.165) is 5.56 Å². The van der Waals surface area contributed by atoms with Crippen LogP contribution in [0, 0.1) is 0 Å². The molecule has 0 aliphatic carbocycles. The van der Waals surface area contributed by atoms with Gasteiger partial charge in [0, 0.05) is 17.7 Å². The summed E-state index contributed by atoms with van der Waals surface area (Å²) >= 11 is 0. The first-order chi connectivity index (χ1) is 13.5. The Balaban J connectivity index is 0.000000261. The maximum absolute atomic E-state index is 11.8. The number of amides is 2. The van der Waals surface area contributed by atoms with Gasteiger partial charge < -0.3 is 16.2 Å². The maximum atomic E-state index is 11.8. The molecule has 142 valence electrons. The van der Waals surface area contributed by atoms with E-state index in [9.17, 15) is 14.4 Å². The quantitative estimate of drug-likeness (QED) is 0.635. The number of nitrogens with one attached hydrogen (secondary N) is 1. The lowest BCUT2D eigenvalue weighted by atomic mass is 10.1. The van der Waals surface area contributed by atoms with Gasteiger partial charge in [-0.15, -0.1) is 0 Å². The van der Waals surface area contributed by atoms with E-state index >= 15 is 0 Å². The summed E-state index contributed by atoms with van der Waals surface area (Å²) in [6.45, 7) is 0.369. The zero-order valence-electron chi connectivity index (χ0n) is 15.0. The molecule has 6 nitrogen and oxygen atoms in total. The number of hydrogen-bond acceptors (Lipinski definition) is 3. The summed E-state index contributed by atoms with van der Waals surface area (Å²) in [6, 6.07) is 24.1. The van der Waals surface area contributed by atoms with Crippen LogP contribution in [0.3, 0.4) is 0 Å². The van der Waals surface area contributed by atoms with Crippen molar-refractivity contribution >= 4 is 17.8 Å². The summed E-state index contributed by atoms with van der Waals surface area (Å²) in [5.41, 5.74) is 7.22. The number of carbonyl (C=O) groups excluding carboxylic acids is 2. The lowest BCUT2D eigenvalue weighted by Crippen LogP contribution is -2.22. The molecule has 3 aromatic rings. The summed E-state index contributed by atoms with van der Waals surface area (Å²) in [6.07, 6.45) is 0. The minimum absolute atomic E-state index is 0.150. The van der Waals surface area contributed by atoms with Crippen LogP contribution < -0.4 is 11.1 Å².